The smallest absolute Gasteiger partial charge is 0.276 e. The van der Waals surface area contributed by atoms with E-state index in [0.29, 0.717) is 11.6 Å². The number of rotatable bonds is 1. The second-order valence-corrected chi connectivity index (χ2v) is 4.34. The highest BCUT2D eigenvalue weighted by Gasteiger charge is 2.24. The highest BCUT2D eigenvalue weighted by atomic mass is 16.5. The predicted octanol–water partition coefficient (Wildman–Crippen LogP) is 1.86. The largest absolute Gasteiger partial charge is 0.364 e. The summed E-state index contributed by atoms with van der Waals surface area (Å²) in [5.74, 6) is 0.600. The topological polar surface area (TPSA) is 46.3 Å². The van der Waals surface area contributed by atoms with Crippen molar-refractivity contribution in [2.45, 2.75) is 26.7 Å². The summed E-state index contributed by atoms with van der Waals surface area (Å²) >= 11 is 0. The van der Waals surface area contributed by atoms with Crippen LogP contribution in [0, 0.1) is 12.8 Å². The summed E-state index contributed by atoms with van der Waals surface area (Å²) < 4.78 is 4.79. The average Bonchev–Trinajstić information content (AvgIpc) is 2.63. The molecule has 0 bridgehead atoms. The number of amides is 1. The van der Waals surface area contributed by atoms with Crippen molar-refractivity contribution in [1.29, 1.82) is 0 Å². The molecule has 0 aliphatic carbocycles. The van der Waals surface area contributed by atoms with E-state index in [9.17, 15) is 4.79 Å². The number of aromatic nitrogens is 1. The third-order valence-electron chi connectivity index (χ3n) is 2.89. The molecule has 1 unspecified atom stereocenters. The summed E-state index contributed by atoms with van der Waals surface area (Å²) in [5, 5.41) is 3.75. The van der Waals surface area contributed by atoms with Crippen molar-refractivity contribution in [2.24, 2.45) is 5.92 Å². The van der Waals surface area contributed by atoms with E-state index in [4.69, 9.17) is 4.52 Å². The van der Waals surface area contributed by atoms with Gasteiger partial charge < -0.3 is 9.42 Å². The maximum absolute atomic E-state index is 12.0. The van der Waals surface area contributed by atoms with Crippen molar-refractivity contribution in [3.05, 3.63) is 17.5 Å². The Kier molecular flexibility index (Phi) is 2.75. The molecular weight excluding hydrogens is 192 g/mol. The lowest BCUT2D eigenvalue weighted by Crippen LogP contribution is -2.39. The molecule has 1 aromatic heterocycles. The van der Waals surface area contributed by atoms with Crippen LogP contribution in [0.1, 0.15) is 35.8 Å². The summed E-state index contributed by atoms with van der Waals surface area (Å²) in [6, 6.07) is 0. The zero-order valence-corrected chi connectivity index (χ0v) is 9.19. The quantitative estimate of drug-likeness (QED) is 0.707. The fourth-order valence-electron chi connectivity index (χ4n) is 2.02. The van der Waals surface area contributed by atoms with Crippen LogP contribution in [0.4, 0.5) is 0 Å². The first-order chi connectivity index (χ1) is 7.18. The van der Waals surface area contributed by atoms with Crippen LogP contribution in [0.15, 0.2) is 10.8 Å². The standard InChI is InChI=1S/C11H16N2O2/c1-8-4-3-5-13(6-8)11(14)10-9(2)7-15-12-10/h7-8H,3-6H2,1-2H3. The van der Waals surface area contributed by atoms with E-state index < -0.39 is 0 Å². The van der Waals surface area contributed by atoms with Gasteiger partial charge in [-0.15, -0.1) is 0 Å². The van der Waals surface area contributed by atoms with Gasteiger partial charge in [0.2, 0.25) is 0 Å². The van der Waals surface area contributed by atoms with Crippen molar-refractivity contribution in [1.82, 2.24) is 10.1 Å². The number of carbonyl (C=O) groups excluding carboxylic acids is 1. The molecule has 15 heavy (non-hydrogen) atoms. The minimum absolute atomic E-state index is 0.00722. The fourth-order valence-corrected chi connectivity index (χ4v) is 2.02. The minimum Gasteiger partial charge on any atom is -0.364 e. The highest BCUT2D eigenvalue weighted by molar-refractivity contribution is 5.93. The van der Waals surface area contributed by atoms with Gasteiger partial charge in [-0.3, -0.25) is 4.79 Å². The Hall–Kier alpha value is -1.32. The maximum atomic E-state index is 12.0. The van der Waals surface area contributed by atoms with Gasteiger partial charge >= 0.3 is 0 Å². The van der Waals surface area contributed by atoms with Gasteiger partial charge in [-0.05, 0) is 25.7 Å². The Bertz CT molecular complexity index is 359. The van der Waals surface area contributed by atoms with E-state index in [0.717, 1.165) is 25.1 Å². The SMILES string of the molecule is Cc1conc1C(=O)N1CCCC(C)C1. The molecule has 0 radical (unpaired) electrons. The second-order valence-electron chi connectivity index (χ2n) is 4.34. The van der Waals surface area contributed by atoms with E-state index >= 15 is 0 Å². The molecule has 4 heteroatoms. The lowest BCUT2D eigenvalue weighted by atomic mass is 10.00. The van der Waals surface area contributed by atoms with Crippen LogP contribution >= 0.6 is 0 Å². The fraction of sp³-hybridized carbons (Fsp3) is 0.636. The van der Waals surface area contributed by atoms with Gasteiger partial charge in [0.25, 0.3) is 5.91 Å². The van der Waals surface area contributed by atoms with E-state index in [1.165, 1.54) is 12.7 Å². The molecule has 2 heterocycles. The van der Waals surface area contributed by atoms with Gasteiger partial charge in [0.1, 0.15) is 6.26 Å². The Morgan fingerprint density at radius 2 is 2.47 bits per heavy atom. The zero-order chi connectivity index (χ0) is 10.8. The molecule has 0 saturated carbocycles. The van der Waals surface area contributed by atoms with E-state index in [-0.39, 0.29) is 5.91 Å². The van der Waals surface area contributed by atoms with Crippen LogP contribution in [-0.4, -0.2) is 29.1 Å². The van der Waals surface area contributed by atoms with Crippen molar-refractivity contribution in [3.8, 4) is 0 Å². The van der Waals surface area contributed by atoms with E-state index in [1.54, 1.807) is 0 Å². The number of carbonyl (C=O) groups is 1. The summed E-state index contributed by atoms with van der Waals surface area (Å²) in [6.45, 7) is 5.70. The number of aryl methyl sites for hydroxylation is 1. The first-order valence-corrected chi connectivity index (χ1v) is 5.38. The summed E-state index contributed by atoms with van der Waals surface area (Å²) in [4.78, 5) is 13.9. The molecule has 1 saturated heterocycles. The molecule has 1 aromatic rings. The molecule has 0 N–H and O–H groups in total. The molecule has 1 amide bonds. The van der Waals surface area contributed by atoms with Gasteiger partial charge in [0, 0.05) is 18.7 Å². The highest BCUT2D eigenvalue weighted by Crippen LogP contribution is 2.18. The molecule has 1 fully saturated rings. The van der Waals surface area contributed by atoms with Gasteiger partial charge in [-0.2, -0.15) is 0 Å². The first kappa shape index (κ1) is 10.2. The number of nitrogens with zero attached hydrogens (tertiary/aromatic N) is 2. The van der Waals surface area contributed by atoms with Crippen LogP contribution in [0.5, 0.6) is 0 Å². The Morgan fingerprint density at radius 3 is 3.07 bits per heavy atom. The third kappa shape index (κ3) is 2.03. The monoisotopic (exact) mass is 208 g/mol. The number of hydrogen-bond acceptors (Lipinski definition) is 3. The molecule has 4 nitrogen and oxygen atoms in total. The molecule has 1 aliphatic heterocycles. The van der Waals surface area contributed by atoms with Crippen molar-refractivity contribution in [3.63, 3.8) is 0 Å². The second kappa shape index (κ2) is 4.04. The zero-order valence-electron chi connectivity index (χ0n) is 9.19. The molecule has 0 spiro atoms. The molecule has 1 aliphatic rings. The Balaban J connectivity index is 2.11. The summed E-state index contributed by atoms with van der Waals surface area (Å²) in [5.41, 5.74) is 1.28. The third-order valence-corrected chi connectivity index (χ3v) is 2.89. The van der Waals surface area contributed by atoms with E-state index in [1.807, 2.05) is 11.8 Å². The van der Waals surface area contributed by atoms with Gasteiger partial charge in [-0.25, -0.2) is 0 Å². The normalized spacial score (nSPS) is 21.7. The lowest BCUT2D eigenvalue weighted by Gasteiger charge is -2.30. The van der Waals surface area contributed by atoms with Crippen molar-refractivity contribution < 1.29 is 9.32 Å². The summed E-state index contributed by atoms with van der Waals surface area (Å²) in [7, 11) is 0. The average molecular weight is 208 g/mol. The first-order valence-electron chi connectivity index (χ1n) is 5.38. The summed E-state index contributed by atoms with van der Waals surface area (Å²) in [6.07, 6.45) is 3.81. The van der Waals surface area contributed by atoms with Crippen LogP contribution in [0.25, 0.3) is 0 Å². The van der Waals surface area contributed by atoms with E-state index in [2.05, 4.69) is 12.1 Å². The Morgan fingerprint density at radius 1 is 1.67 bits per heavy atom. The molecule has 1 atom stereocenters. The molecular formula is C11H16N2O2. The molecule has 0 aromatic carbocycles. The van der Waals surface area contributed by atoms with Crippen LogP contribution < -0.4 is 0 Å². The van der Waals surface area contributed by atoms with Crippen LogP contribution in [-0.2, 0) is 0 Å². The van der Waals surface area contributed by atoms with Gasteiger partial charge in [-0.1, -0.05) is 12.1 Å². The van der Waals surface area contributed by atoms with Gasteiger partial charge in [0.05, 0.1) is 0 Å². The number of likely N-dealkylation sites (tertiary alicyclic amines) is 1. The van der Waals surface area contributed by atoms with Crippen molar-refractivity contribution in [2.75, 3.05) is 13.1 Å². The number of piperidine rings is 1. The van der Waals surface area contributed by atoms with Crippen LogP contribution in [0.2, 0.25) is 0 Å². The molecule has 82 valence electrons. The van der Waals surface area contributed by atoms with Crippen LogP contribution in [0.3, 0.4) is 0 Å². The maximum Gasteiger partial charge on any atom is 0.276 e. The lowest BCUT2D eigenvalue weighted by molar-refractivity contribution is 0.0672. The van der Waals surface area contributed by atoms with Crippen molar-refractivity contribution >= 4 is 5.91 Å². The minimum atomic E-state index is 0.00722. The molecule has 2 rings (SSSR count). The number of hydrogen-bond donors (Lipinski definition) is 0. The predicted molar refractivity (Wildman–Crippen MR) is 55.5 cm³/mol. The van der Waals surface area contributed by atoms with Gasteiger partial charge in [0.15, 0.2) is 5.69 Å². The Labute approximate surface area is 89.2 Å².